The minimum Gasteiger partial charge on any atom is -0.497 e. The average Bonchev–Trinajstić information content (AvgIpc) is 3.40. The molecule has 10 heteroatoms. The van der Waals surface area contributed by atoms with E-state index in [9.17, 15) is 4.79 Å². The van der Waals surface area contributed by atoms with Gasteiger partial charge in [0.15, 0.2) is 5.82 Å². The number of nitrogens with one attached hydrogen (secondary N) is 1. The maximum atomic E-state index is 12.5. The number of aromatic nitrogens is 3. The second-order valence-electron chi connectivity index (χ2n) is 6.84. The Balaban J connectivity index is 1.69. The van der Waals surface area contributed by atoms with Gasteiger partial charge in [-0.1, -0.05) is 31.7 Å². The maximum absolute atomic E-state index is 12.5. The molecule has 0 fully saturated rings. The van der Waals surface area contributed by atoms with Crippen LogP contribution >= 0.6 is 23.1 Å². The van der Waals surface area contributed by atoms with E-state index in [1.165, 1.54) is 16.4 Å². The first kappa shape index (κ1) is 22.0. The Morgan fingerprint density at radius 1 is 1.27 bits per heavy atom. The highest BCUT2D eigenvalue weighted by Crippen LogP contribution is 2.33. The molecule has 3 rings (SSSR count). The second-order valence-corrected chi connectivity index (χ2v) is 8.76. The number of hydrogen-bond donors (Lipinski definition) is 2. The van der Waals surface area contributed by atoms with Crippen LogP contribution in [-0.4, -0.2) is 40.8 Å². The lowest BCUT2D eigenvalue weighted by Crippen LogP contribution is -2.32. The molecule has 0 aliphatic heterocycles. The number of rotatable bonds is 9. The third-order valence-electron chi connectivity index (χ3n) is 4.48. The summed E-state index contributed by atoms with van der Waals surface area (Å²) < 4.78 is 12.0. The van der Waals surface area contributed by atoms with Crippen LogP contribution in [0.5, 0.6) is 11.5 Å². The zero-order valence-corrected chi connectivity index (χ0v) is 18.9. The fourth-order valence-corrected chi connectivity index (χ4v) is 4.54. The molecule has 3 aromatic rings. The summed E-state index contributed by atoms with van der Waals surface area (Å²) in [6.07, 6.45) is 0. The molecule has 1 amide bonds. The smallest absolute Gasteiger partial charge is 0.230 e. The summed E-state index contributed by atoms with van der Waals surface area (Å²) in [7, 11) is 3.15. The van der Waals surface area contributed by atoms with Gasteiger partial charge in [0.25, 0.3) is 0 Å². The van der Waals surface area contributed by atoms with E-state index >= 15 is 0 Å². The van der Waals surface area contributed by atoms with Gasteiger partial charge < -0.3 is 20.6 Å². The number of carbonyl (C=O) groups is 1. The van der Waals surface area contributed by atoms with Crippen molar-refractivity contribution in [1.29, 1.82) is 0 Å². The van der Waals surface area contributed by atoms with E-state index in [-0.39, 0.29) is 23.6 Å². The maximum Gasteiger partial charge on any atom is 0.230 e. The lowest BCUT2D eigenvalue weighted by Gasteiger charge is -2.21. The summed E-state index contributed by atoms with van der Waals surface area (Å²) in [5, 5.41) is 13.9. The molecule has 1 aromatic carbocycles. The van der Waals surface area contributed by atoms with E-state index in [0.717, 1.165) is 4.88 Å². The van der Waals surface area contributed by atoms with Crippen molar-refractivity contribution < 1.29 is 14.3 Å². The topological polar surface area (TPSA) is 104 Å². The number of nitrogens with two attached hydrogens (primary N) is 1. The fraction of sp³-hybridized carbons (Fsp3) is 0.350. The number of ether oxygens (including phenoxy) is 2. The highest BCUT2D eigenvalue weighted by molar-refractivity contribution is 7.99. The number of hydrogen-bond acceptors (Lipinski definition) is 8. The van der Waals surface area contributed by atoms with Crippen molar-refractivity contribution in [2.45, 2.75) is 25.0 Å². The quantitative estimate of drug-likeness (QED) is 0.383. The molecule has 3 N–H and O–H groups in total. The van der Waals surface area contributed by atoms with Crippen molar-refractivity contribution in [1.82, 2.24) is 20.2 Å². The van der Waals surface area contributed by atoms with Crippen LogP contribution in [0.1, 0.15) is 24.8 Å². The van der Waals surface area contributed by atoms with Crippen molar-refractivity contribution in [2.24, 2.45) is 5.92 Å². The van der Waals surface area contributed by atoms with Crippen LogP contribution in [0.25, 0.3) is 11.4 Å². The first-order valence-corrected chi connectivity index (χ1v) is 11.2. The van der Waals surface area contributed by atoms with Crippen molar-refractivity contribution in [3.05, 3.63) is 40.6 Å². The zero-order valence-electron chi connectivity index (χ0n) is 17.3. The predicted octanol–water partition coefficient (Wildman–Crippen LogP) is 3.34. The molecule has 1 atom stereocenters. The van der Waals surface area contributed by atoms with Gasteiger partial charge in [-0.25, -0.2) is 4.68 Å². The summed E-state index contributed by atoms with van der Waals surface area (Å²) in [5.41, 5.74) is 0.683. The second kappa shape index (κ2) is 9.86. The number of benzene rings is 1. The van der Waals surface area contributed by atoms with Gasteiger partial charge in [0.2, 0.25) is 11.1 Å². The third kappa shape index (κ3) is 4.88. The SMILES string of the molecule is COc1ccc(-c2nnc(SCC(=O)N[C@@H](c3cccs3)C(C)C)n2N)c(OC)c1. The van der Waals surface area contributed by atoms with Crippen LogP contribution < -0.4 is 20.6 Å². The Labute approximate surface area is 183 Å². The van der Waals surface area contributed by atoms with Crippen molar-refractivity contribution in [3.8, 4) is 22.9 Å². The first-order chi connectivity index (χ1) is 14.4. The van der Waals surface area contributed by atoms with E-state index < -0.39 is 0 Å². The molecule has 0 aliphatic carbocycles. The van der Waals surface area contributed by atoms with Crippen LogP contribution in [0.3, 0.4) is 0 Å². The van der Waals surface area contributed by atoms with Crippen LogP contribution in [-0.2, 0) is 4.79 Å². The van der Waals surface area contributed by atoms with Crippen molar-refractivity contribution in [2.75, 3.05) is 25.8 Å². The number of nitrogen functional groups attached to an aromatic ring is 1. The zero-order chi connectivity index (χ0) is 21.7. The molecule has 0 saturated heterocycles. The Morgan fingerprint density at radius 3 is 2.70 bits per heavy atom. The standard InChI is InChI=1S/C20H25N5O3S2/c1-12(2)18(16-6-5-9-29-16)22-17(26)11-30-20-24-23-19(25(20)21)14-8-7-13(27-3)10-15(14)28-4/h5-10,12,18H,11,21H2,1-4H3,(H,22,26)/t18-/m1/s1. The lowest BCUT2D eigenvalue weighted by atomic mass is 10.0. The number of amides is 1. The monoisotopic (exact) mass is 447 g/mol. The minimum absolute atomic E-state index is 0.0204. The van der Waals surface area contributed by atoms with Crippen LogP contribution in [0.15, 0.2) is 40.9 Å². The van der Waals surface area contributed by atoms with E-state index in [4.69, 9.17) is 15.3 Å². The number of carbonyl (C=O) groups excluding carboxylic acids is 1. The normalized spacial score (nSPS) is 12.0. The van der Waals surface area contributed by atoms with Crippen LogP contribution in [0.4, 0.5) is 0 Å². The molecule has 2 heterocycles. The molecule has 0 spiro atoms. The van der Waals surface area contributed by atoms with Gasteiger partial charge in [0, 0.05) is 10.9 Å². The molecular weight excluding hydrogens is 422 g/mol. The minimum atomic E-state index is -0.0846. The summed E-state index contributed by atoms with van der Waals surface area (Å²) in [5.74, 6) is 8.25. The number of thiophene rings is 1. The van der Waals surface area contributed by atoms with Crippen LogP contribution in [0, 0.1) is 5.92 Å². The predicted molar refractivity (Wildman–Crippen MR) is 119 cm³/mol. The van der Waals surface area contributed by atoms with E-state index in [1.54, 1.807) is 43.8 Å². The Bertz CT molecular complexity index is 989. The van der Waals surface area contributed by atoms with E-state index in [1.807, 2.05) is 17.5 Å². The molecular formula is C20H25N5O3S2. The molecule has 0 saturated carbocycles. The van der Waals surface area contributed by atoms with Gasteiger partial charge in [0.1, 0.15) is 11.5 Å². The molecule has 0 aliphatic rings. The average molecular weight is 448 g/mol. The van der Waals surface area contributed by atoms with Crippen LogP contribution in [0.2, 0.25) is 0 Å². The Kier molecular flexibility index (Phi) is 7.22. The summed E-state index contributed by atoms with van der Waals surface area (Å²) >= 11 is 2.87. The molecule has 160 valence electrons. The highest BCUT2D eigenvalue weighted by atomic mass is 32.2. The third-order valence-corrected chi connectivity index (χ3v) is 6.38. The molecule has 8 nitrogen and oxygen atoms in total. The summed E-state index contributed by atoms with van der Waals surface area (Å²) in [6.45, 7) is 4.17. The molecule has 0 bridgehead atoms. The van der Waals surface area contributed by atoms with Gasteiger partial charge in [-0.3, -0.25) is 4.79 Å². The van der Waals surface area contributed by atoms with Crippen molar-refractivity contribution in [3.63, 3.8) is 0 Å². The lowest BCUT2D eigenvalue weighted by molar-refractivity contribution is -0.119. The molecule has 0 unspecified atom stereocenters. The molecule has 0 radical (unpaired) electrons. The van der Waals surface area contributed by atoms with Crippen molar-refractivity contribution >= 4 is 29.0 Å². The van der Waals surface area contributed by atoms with Gasteiger partial charge in [-0.15, -0.1) is 21.5 Å². The van der Waals surface area contributed by atoms with Gasteiger partial charge in [0.05, 0.1) is 31.6 Å². The van der Waals surface area contributed by atoms with E-state index in [2.05, 4.69) is 29.4 Å². The number of nitrogens with zero attached hydrogens (tertiary/aromatic N) is 3. The first-order valence-electron chi connectivity index (χ1n) is 9.33. The Hall–Kier alpha value is -2.72. The molecule has 2 aromatic heterocycles. The highest BCUT2D eigenvalue weighted by Gasteiger charge is 2.21. The van der Waals surface area contributed by atoms with E-state index in [0.29, 0.717) is 28.0 Å². The number of methoxy groups -OCH3 is 2. The fourth-order valence-electron chi connectivity index (χ4n) is 2.92. The largest absolute Gasteiger partial charge is 0.497 e. The van der Waals surface area contributed by atoms with Gasteiger partial charge >= 0.3 is 0 Å². The summed E-state index contributed by atoms with van der Waals surface area (Å²) in [6, 6.07) is 9.36. The Morgan fingerprint density at radius 2 is 2.07 bits per heavy atom. The summed E-state index contributed by atoms with van der Waals surface area (Å²) in [4.78, 5) is 13.7. The molecule has 30 heavy (non-hydrogen) atoms. The van der Waals surface area contributed by atoms with Gasteiger partial charge in [-0.05, 0) is 29.5 Å². The van der Waals surface area contributed by atoms with Gasteiger partial charge in [-0.2, -0.15) is 0 Å². The number of thioether (sulfide) groups is 1.